The van der Waals surface area contributed by atoms with Crippen molar-refractivity contribution >= 4 is 23.0 Å². The third-order valence-electron chi connectivity index (χ3n) is 2.95. The number of hydrogen-bond donors (Lipinski definition) is 2. The second kappa shape index (κ2) is 5.56. The number of nitrogens with one attached hydrogen (secondary N) is 1. The molecular weight excluding hydrogens is 256 g/mol. The van der Waals surface area contributed by atoms with E-state index in [1.54, 1.807) is 0 Å². The summed E-state index contributed by atoms with van der Waals surface area (Å²) < 4.78 is 0. The van der Waals surface area contributed by atoms with Crippen LogP contribution in [0.25, 0.3) is 0 Å². The maximum Gasteiger partial charge on any atom is 0.311 e. The first kappa shape index (κ1) is 13.8. The Balaban J connectivity index is 2.17. The fourth-order valence-electron chi connectivity index (χ4n) is 1.79. The molecule has 0 amide bonds. The summed E-state index contributed by atoms with van der Waals surface area (Å²) in [7, 11) is 0. The van der Waals surface area contributed by atoms with Crippen LogP contribution < -0.4 is 11.1 Å². The third-order valence-corrected chi connectivity index (χ3v) is 2.95. The van der Waals surface area contributed by atoms with Crippen molar-refractivity contribution in [1.29, 1.82) is 0 Å². The number of anilines is 3. The maximum absolute atomic E-state index is 10.7. The summed E-state index contributed by atoms with van der Waals surface area (Å²) in [6, 6.07) is 10.8. The van der Waals surface area contributed by atoms with Gasteiger partial charge in [0.2, 0.25) is 5.82 Å². The van der Waals surface area contributed by atoms with Gasteiger partial charge in [-0.2, -0.15) is 0 Å². The molecule has 0 saturated carbocycles. The van der Waals surface area contributed by atoms with Gasteiger partial charge in [0, 0.05) is 11.8 Å². The molecule has 104 valence electrons. The molecule has 1 heterocycles. The van der Waals surface area contributed by atoms with E-state index in [0.29, 0.717) is 11.7 Å². The molecule has 0 saturated heterocycles. The number of nitrogens with two attached hydrogens (primary N) is 1. The highest BCUT2D eigenvalue weighted by Crippen LogP contribution is 2.24. The SMILES string of the molecule is CC(C)c1ccc(Nc2ccc([N+](=O)[O-])c(N)n2)cc1. The summed E-state index contributed by atoms with van der Waals surface area (Å²) in [4.78, 5) is 14.1. The molecule has 0 fully saturated rings. The van der Waals surface area contributed by atoms with Crippen LogP contribution in [0.5, 0.6) is 0 Å². The zero-order chi connectivity index (χ0) is 14.7. The van der Waals surface area contributed by atoms with Gasteiger partial charge < -0.3 is 11.1 Å². The van der Waals surface area contributed by atoms with Gasteiger partial charge in [-0.1, -0.05) is 26.0 Å². The molecule has 2 rings (SSSR count). The average Bonchev–Trinajstić information content (AvgIpc) is 2.39. The Hall–Kier alpha value is -2.63. The molecule has 3 N–H and O–H groups in total. The Morgan fingerprint density at radius 3 is 2.35 bits per heavy atom. The molecule has 0 aliphatic carbocycles. The smallest absolute Gasteiger partial charge is 0.311 e. The minimum atomic E-state index is -0.552. The van der Waals surface area contributed by atoms with Crippen molar-refractivity contribution in [1.82, 2.24) is 4.98 Å². The van der Waals surface area contributed by atoms with Crippen molar-refractivity contribution < 1.29 is 4.92 Å². The van der Waals surface area contributed by atoms with Gasteiger partial charge in [-0.3, -0.25) is 10.1 Å². The lowest BCUT2D eigenvalue weighted by atomic mass is 10.0. The Morgan fingerprint density at radius 1 is 1.20 bits per heavy atom. The van der Waals surface area contributed by atoms with Crippen molar-refractivity contribution in [3.8, 4) is 0 Å². The van der Waals surface area contributed by atoms with Gasteiger partial charge in [0.15, 0.2) is 0 Å². The lowest BCUT2D eigenvalue weighted by molar-refractivity contribution is -0.384. The van der Waals surface area contributed by atoms with Crippen LogP contribution in [0, 0.1) is 10.1 Å². The van der Waals surface area contributed by atoms with Crippen LogP contribution in [-0.2, 0) is 0 Å². The van der Waals surface area contributed by atoms with Gasteiger partial charge in [0.05, 0.1) is 4.92 Å². The van der Waals surface area contributed by atoms with Gasteiger partial charge in [0.1, 0.15) is 5.82 Å². The van der Waals surface area contributed by atoms with Gasteiger partial charge in [-0.25, -0.2) is 4.98 Å². The van der Waals surface area contributed by atoms with Crippen molar-refractivity contribution in [2.24, 2.45) is 0 Å². The molecule has 20 heavy (non-hydrogen) atoms. The summed E-state index contributed by atoms with van der Waals surface area (Å²) in [5, 5.41) is 13.7. The lowest BCUT2D eigenvalue weighted by Gasteiger charge is -2.09. The Labute approximate surface area is 116 Å². The molecule has 2 aromatic rings. The van der Waals surface area contributed by atoms with Crippen LogP contribution in [0.3, 0.4) is 0 Å². The Bertz CT molecular complexity index is 624. The summed E-state index contributed by atoms with van der Waals surface area (Å²) in [5.74, 6) is 0.849. The monoisotopic (exact) mass is 272 g/mol. The second-order valence-electron chi connectivity index (χ2n) is 4.76. The van der Waals surface area contributed by atoms with E-state index in [4.69, 9.17) is 5.73 Å². The first-order valence-corrected chi connectivity index (χ1v) is 6.25. The van der Waals surface area contributed by atoms with Gasteiger partial charge in [-0.15, -0.1) is 0 Å². The van der Waals surface area contributed by atoms with Gasteiger partial charge in [0.25, 0.3) is 0 Å². The molecule has 0 unspecified atom stereocenters. The summed E-state index contributed by atoms with van der Waals surface area (Å²) >= 11 is 0. The van der Waals surface area contributed by atoms with E-state index >= 15 is 0 Å². The zero-order valence-corrected chi connectivity index (χ0v) is 11.3. The molecule has 0 radical (unpaired) electrons. The van der Waals surface area contributed by atoms with Crippen LogP contribution in [-0.4, -0.2) is 9.91 Å². The highest BCUT2D eigenvalue weighted by molar-refractivity contribution is 5.62. The molecule has 0 spiro atoms. The maximum atomic E-state index is 10.7. The van der Waals surface area contributed by atoms with Crippen molar-refractivity contribution in [3.63, 3.8) is 0 Å². The van der Waals surface area contributed by atoms with Gasteiger partial charge >= 0.3 is 5.69 Å². The number of pyridine rings is 1. The predicted octanol–water partition coefficient (Wildman–Crippen LogP) is 3.44. The predicted molar refractivity (Wildman–Crippen MR) is 79.1 cm³/mol. The van der Waals surface area contributed by atoms with Gasteiger partial charge in [-0.05, 0) is 29.7 Å². The van der Waals surface area contributed by atoms with Crippen LogP contribution in [0.4, 0.5) is 23.0 Å². The van der Waals surface area contributed by atoms with E-state index < -0.39 is 4.92 Å². The molecule has 1 aromatic heterocycles. The van der Waals surface area contributed by atoms with Crippen LogP contribution in [0.15, 0.2) is 36.4 Å². The summed E-state index contributed by atoms with van der Waals surface area (Å²) in [5.41, 5.74) is 7.46. The highest BCUT2D eigenvalue weighted by atomic mass is 16.6. The van der Waals surface area contributed by atoms with E-state index in [1.807, 2.05) is 24.3 Å². The van der Waals surface area contributed by atoms with E-state index in [-0.39, 0.29) is 11.5 Å². The molecular formula is C14H16N4O2. The quantitative estimate of drug-likeness (QED) is 0.656. The van der Waals surface area contributed by atoms with Crippen LogP contribution in [0.1, 0.15) is 25.3 Å². The Kier molecular flexibility index (Phi) is 3.84. The number of nitrogens with zero attached hydrogens (tertiary/aromatic N) is 2. The fraction of sp³-hybridized carbons (Fsp3) is 0.214. The fourth-order valence-corrected chi connectivity index (χ4v) is 1.79. The number of nitrogen functional groups attached to an aromatic ring is 1. The van der Waals surface area contributed by atoms with Crippen LogP contribution in [0.2, 0.25) is 0 Å². The summed E-state index contributed by atoms with van der Waals surface area (Å²) in [6.45, 7) is 4.25. The number of nitro groups is 1. The highest BCUT2D eigenvalue weighted by Gasteiger charge is 2.12. The number of rotatable bonds is 4. The third kappa shape index (κ3) is 3.03. The van der Waals surface area contributed by atoms with E-state index in [2.05, 4.69) is 24.1 Å². The molecule has 6 nitrogen and oxygen atoms in total. The topological polar surface area (TPSA) is 94.1 Å². The number of benzene rings is 1. The molecule has 0 bridgehead atoms. The number of hydrogen-bond acceptors (Lipinski definition) is 5. The molecule has 0 aliphatic heterocycles. The molecule has 1 aromatic carbocycles. The second-order valence-corrected chi connectivity index (χ2v) is 4.76. The van der Waals surface area contributed by atoms with E-state index in [0.717, 1.165) is 5.69 Å². The average molecular weight is 272 g/mol. The van der Waals surface area contributed by atoms with Crippen LogP contribution >= 0.6 is 0 Å². The van der Waals surface area contributed by atoms with E-state index in [9.17, 15) is 10.1 Å². The minimum Gasteiger partial charge on any atom is -0.378 e. The number of aromatic nitrogens is 1. The minimum absolute atomic E-state index is 0.0983. The molecule has 0 aliphatic rings. The van der Waals surface area contributed by atoms with E-state index in [1.165, 1.54) is 17.7 Å². The molecule has 0 atom stereocenters. The largest absolute Gasteiger partial charge is 0.378 e. The normalized spacial score (nSPS) is 10.6. The zero-order valence-electron chi connectivity index (χ0n) is 11.3. The standard InChI is InChI=1S/C14H16N4O2/c1-9(2)10-3-5-11(6-4-10)16-13-8-7-12(18(19)20)14(15)17-13/h3-9H,1-2H3,(H3,15,16,17). The Morgan fingerprint density at radius 2 is 1.85 bits per heavy atom. The lowest BCUT2D eigenvalue weighted by Crippen LogP contribution is -2.01. The first-order valence-electron chi connectivity index (χ1n) is 6.25. The molecule has 6 heteroatoms. The van der Waals surface area contributed by atoms with Crippen molar-refractivity contribution in [3.05, 3.63) is 52.1 Å². The summed E-state index contributed by atoms with van der Waals surface area (Å²) in [6.07, 6.45) is 0. The van der Waals surface area contributed by atoms with Crippen molar-refractivity contribution in [2.75, 3.05) is 11.1 Å². The van der Waals surface area contributed by atoms with Crippen molar-refractivity contribution in [2.45, 2.75) is 19.8 Å². The first-order chi connectivity index (χ1) is 9.47.